The Bertz CT molecular complexity index is 591. The largest absolute Gasteiger partial charge is 0.466 e. The van der Waals surface area contributed by atoms with Crippen molar-refractivity contribution in [1.29, 1.82) is 0 Å². The van der Waals surface area contributed by atoms with E-state index in [2.05, 4.69) is 0 Å². The van der Waals surface area contributed by atoms with Crippen molar-refractivity contribution in [3.8, 4) is 0 Å². The second kappa shape index (κ2) is 6.58. The molecule has 116 valence electrons. The summed E-state index contributed by atoms with van der Waals surface area (Å²) in [6, 6.07) is 6.46. The summed E-state index contributed by atoms with van der Waals surface area (Å²) in [6.07, 6.45) is 1.29. The van der Waals surface area contributed by atoms with E-state index in [0.29, 0.717) is 12.8 Å². The Morgan fingerprint density at radius 1 is 1.24 bits per heavy atom. The van der Waals surface area contributed by atoms with Crippen LogP contribution in [0.3, 0.4) is 0 Å². The van der Waals surface area contributed by atoms with Gasteiger partial charge in [0.1, 0.15) is 0 Å². The molecular formula is C15H20O5S. The van der Waals surface area contributed by atoms with Crippen LogP contribution in [0.1, 0.15) is 31.7 Å². The van der Waals surface area contributed by atoms with E-state index in [9.17, 15) is 13.2 Å². The number of esters is 1. The summed E-state index contributed by atoms with van der Waals surface area (Å²) in [5.74, 6) is -0.871. The molecule has 5 nitrogen and oxygen atoms in total. The molecule has 0 radical (unpaired) electrons. The van der Waals surface area contributed by atoms with E-state index in [-0.39, 0.29) is 17.5 Å². The zero-order valence-corrected chi connectivity index (χ0v) is 13.1. The molecule has 0 N–H and O–H groups in total. The summed E-state index contributed by atoms with van der Waals surface area (Å²) in [6.45, 7) is 3.89. The van der Waals surface area contributed by atoms with Crippen molar-refractivity contribution in [3.05, 3.63) is 29.8 Å². The summed E-state index contributed by atoms with van der Waals surface area (Å²) in [4.78, 5) is 11.9. The van der Waals surface area contributed by atoms with E-state index < -0.39 is 22.1 Å². The Hall–Kier alpha value is -1.40. The average Bonchev–Trinajstić information content (AvgIpc) is 2.87. The summed E-state index contributed by atoms with van der Waals surface area (Å²) in [5, 5.41) is 0. The maximum Gasteiger partial charge on any atom is 0.311 e. The molecule has 2 rings (SSSR count). The van der Waals surface area contributed by atoms with Gasteiger partial charge in [-0.2, -0.15) is 8.42 Å². The number of carbonyl (C=O) groups is 1. The monoisotopic (exact) mass is 312 g/mol. The summed E-state index contributed by atoms with van der Waals surface area (Å²) >= 11 is 0. The van der Waals surface area contributed by atoms with Gasteiger partial charge in [-0.05, 0) is 45.2 Å². The number of rotatable bonds is 5. The fourth-order valence-corrected chi connectivity index (χ4v) is 3.62. The molecule has 0 spiro atoms. The van der Waals surface area contributed by atoms with Crippen LogP contribution >= 0.6 is 0 Å². The number of carbonyl (C=O) groups excluding carboxylic acids is 1. The molecule has 0 aromatic heterocycles. The van der Waals surface area contributed by atoms with Gasteiger partial charge in [-0.1, -0.05) is 17.7 Å². The number of hydrogen-bond acceptors (Lipinski definition) is 5. The van der Waals surface area contributed by atoms with E-state index in [0.717, 1.165) is 12.0 Å². The van der Waals surface area contributed by atoms with Gasteiger partial charge in [0.15, 0.2) is 0 Å². The van der Waals surface area contributed by atoms with Gasteiger partial charge < -0.3 is 4.74 Å². The van der Waals surface area contributed by atoms with Crippen molar-refractivity contribution >= 4 is 16.1 Å². The minimum absolute atomic E-state index is 0.114. The lowest BCUT2D eigenvalue weighted by Crippen LogP contribution is -2.29. The van der Waals surface area contributed by atoms with Gasteiger partial charge in [0.25, 0.3) is 10.1 Å². The van der Waals surface area contributed by atoms with Crippen molar-refractivity contribution in [1.82, 2.24) is 0 Å². The number of benzene rings is 1. The Balaban J connectivity index is 2.12. The van der Waals surface area contributed by atoms with Crippen LogP contribution in [0.4, 0.5) is 0 Å². The molecule has 2 atom stereocenters. The molecule has 1 aliphatic rings. The van der Waals surface area contributed by atoms with Crippen LogP contribution in [0, 0.1) is 12.8 Å². The normalized spacial score (nSPS) is 22.2. The number of ether oxygens (including phenoxy) is 1. The van der Waals surface area contributed by atoms with Gasteiger partial charge in [0.2, 0.25) is 0 Å². The Labute approximate surface area is 125 Å². The van der Waals surface area contributed by atoms with E-state index in [1.807, 2.05) is 6.92 Å². The highest BCUT2D eigenvalue weighted by molar-refractivity contribution is 7.86. The minimum atomic E-state index is -3.85. The van der Waals surface area contributed by atoms with Crippen LogP contribution < -0.4 is 0 Å². The standard InChI is InChI=1S/C15H20O5S/c1-3-19-15(16)13-5-4-6-14(13)20-21(17,18)12-9-7-11(2)8-10-12/h7-10,13-14H,3-6H2,1-2H3/t13-,14+/m0/s1. The zero-order chi connectivity index (χ0) is 15.5. The van der Waals surface area contributed by atoms with E-state index in [1.165, 1.54) is 12.1 Å². The molecule has 0 amide bonds. The van der Waals surface area contributed by atoms with Gasteiger partial charge in [-0.15, -0.1) is 0 Å². The lowest BCUT2D eigenvalue weighted by Gasteiger charge is -2.18. The van der Waals surface area contributed by atoms with Crippen molar-refractivity contribution in [3.63, 3.8) is 0 Å². The first-order chi connectivity index (χ1) is 9.94. The highest BCUT2D eigenvalue weighted by Crippen LogP contribution is 2.32. The number of hydrogen-bond donors (Lipinski definition) is 0. The van der Waals surface area contributed by atoms with Crippen molar-refractivity contribution in [2.45, 2.75) is 44.1 Å². The summed E-state index contributed by atoms with van der Waals surface area (Å²) in [7, 11) is -3.85. The molecule has 1 aliphatic carbocycles. The SMILES string of the molecule is CCOC(=O)[C@H]1CCC[C@H]1OS(=O)(=O)c1ccc(C)cc1. The van der Waals surface area contributed by atoms with Crippen molar-refractivity contribution < 1.29 is 22.1 Å². The minimum Gasteiger partial charge on any atom is -0.466 e. The van der Waals surface area contributed by atoms with Crippen LogP contribution in [0.15, 0.2) is 29.2 Å². The average molecular weight is 312 g/mol. The Kier molecular flexibility index (Phi) is 5.00. The van der Waals surface area contributed by atoms with Crippen LogP contribution in [0.2, 0.25) is 0 Å². The molecule has 1 fully saturated rings. The third-order valence-corrected chi connectivity index (χ3v) is 4.95. The van der Waals surface area contributed by atoms with Gasteiger partial charge in [-0.25, -0.2) is 0 Å². The maximum absolute atomic E-state index is 12.3. The van der Waals surface area contributed by atoms with Gasteiger partial charge >= 0.3 is 5.97 Å². The maximum atomic E-state index is 12.3. The quantitative estimate of drug-likeness (QED) is 0.617. The van der Waals surface area contributed by atoms with Gasteiger partial charge in [0.05, 0.1) is 23.5 Å². The molecule has 21 heavy (non-hydrogen) atoms. The molecule has 0 aliphatic heterocycles. The fourth-order valence-electron chi connectivity index (χ4n) is 2.48. The molecule has 1 saturated carbocycles. The van der Waals surface area contributed by atoms with Gasteiger partial charge in [0, 0.05) is 0 Å². The first kappa shape index (κ1) is 16.0. The Morgan fingerprint density at radius 2 is 1.90 bits per heavy atom. The number of aryl methyl sites for hydroxylation is 1. The molecule has 6 heteroatoms. The molecule has 0 saturated heterocycles. The molecule has 1 aromatic carbocycles. The van der Waals surface area contributed by atoms with Crippen LogP contribution in [-0.2, 0) is 23.8 Å². The first-order valence-corrected chi connectivity index (χ1v) is 8.51. The molecular weight excluding hydrogens is 292 g/mol. The molecule has 0 bridgehead atoms. The van der Waals surface area contributed by atoms with Crippen LogP contribution in [0.5, 0.6) is 0 Å². The second-order valence-corrected chi connectivity index (χ2v) is 6.76. The first-order valence-electron chi connectivity index (χ1n) is 7.10. The summed E-state index contributed by atoms with van der Waals surface area (Å²) < 4.78 is 34.8. The smallest absolute Gasteiger partial charge is 0.311 e. The summed E-state index contributed by atoms with van der Waals surface area (Å²) in [5.41, 5.74) is 0.971. The van der Waals surface area contributed by atoms with E-state index in [1.54, 1.807) is 19.1 Å². The predicted molar refractivity (Wildman–Crippen MR) is 77.2 cm³/mol. The fraction of sp³-hybridized carbons (Fsp3) is 0.533. The molecule has 0 unspecified atom stereocenters. The molecule has 0 heterocycles. The highest BCUT2D eigenvalue weighted by atomic mass is 32.2. The Morgan fingerprint density at radius 3 is 2.52 bits per heavy atom. The second-order valence-electron chi connectivity index (χ2n) is 5.19. The predicted octanol–water partition coefficient (Wildman–Crippen LogP) is 2.43. The van der Waals surface area contributed by atoms with E-state index >= 15 is 0 Å². The third-order valence-electron chi connectivity index (χ3n) is 3.60. The van der Waals surface area contributed by atoms with Crippen LogP contribution in [0.25, 0.3) is 0 Å². The van der Waals surface area contributed by atoms with Crippen molar-refractivity contribution in [2.75, 3.05) is 6.61 Å². The molecule has 1 aromatic rings. The van der Waals surface area contributed by atoms with Crippen LogP contribution in [-0.4, -0.2) is 27.1 Å². The zero-order valence-electron chi connectivity index (χ0n) is 12.2. The lowest BCUT2D eigenvalue weighted by molar-refractivity contribution is -0.150. The van der Waals surface area contributed by atoms with Crippen molar-refractivity contribution in [2.24, 2.45) is 5.92 Å². The van der Waals surface area contributed by atoms with Gasteiger partial charge in [-0.3, -0.25) is 8.98 Å². The highest BCUT2D eigenvalue weighted by Gasteiger charge is 2.38. The lowest BCUT2D eigenvalue weighted by atomic mass is 10.1. The third kappa shape index (κ3) is 3.83. The van der Waals surface area contributed by atoms with E-state index in [4.69, 9.17) is 8.92 Å². The topological polar surface area (TPSA) is 69.7 Å².